The third-order valence-electron chi connectivity index (χ3n) is 5.31. The third kappa shape index (κ3) is 9.62. The van der Waals surface area contributed by atoms with Crippen LogP contribution >= 0.6 is 0 Å². The highest BCUT2D eigenvalue weighted by atomic mass is 16.5. The summed E-state index contributed by atoms with van der Waals surface area (Å²) in [5, 5.41) is 0. The van der Waals surface area contributed by atoms with Crippen LogP contribution in [0.3, 0.4) is 0 Å². The molecule has 1 rings (SSSR count). The van der Waals surface area contributed by atoms with Crippen molar-refractivity contribution in [1.29, 1.82) is 0 Å². The number of nitrogens with zero attached hydrogens (tertiary/aromatic N) is 1. The smallest absolute Gasteiger partial charge is 0.311 e. The molecule has 1 aliphatic rings. The number of unbranched alkanes of at least 4 members (excludes halogenated alkanes) is 7. The number of rotatable bonds is 13. The Balaban J connectivity index is 2.24. The zero-order valence-corrected chi connectivity index (χ0v) is 18.7. The molecule has 4 nitrogen and oxygen atoms in total. The lowest BCUT2D eigenvalue weighted by Gasteiger charge is -2.20. The summed E-state index contributed by atoms with van der Waals surface area (Å²) in [5.74, 6) is 1.11. The summed E-state index contributed by atoms with van der Waals surface area (Å²) in [6.07, 6.45) is 12.6. The van der Waals surface area contributed by atoms with Gasteiger partial charge in [0.1, 0.15) is 6.61 Å². The summed E-state index contributed by atoms with van der Waals surface area (Å²) < 4.78 is 11.3. The first-order valence-corrected chi connectivity index (χ1v) is 11.1. The van der Waals surface area contributed by atoms with Crippen molar-refractivity contribution in [3.05, 3.63) is 0 Å². The van der Waals surface area contributed by atoms with Crippen molar-refractivity contribution in [2.75, 3.05) is 13.2 Å². The maximum Gasteiger partial charge on any atom is 0.311 e. The first-order chi connectivity index (χ1) is 12.7. The molecule has 1 aliphatic heterocycles. The van der Waals surface area contributed by atoms with E-state index < -0.39 is 5.41 Å². The quantitative estimate of drug-likeness (QED) is 0.277. The number of carbonyl (C=O) groups is 1. The molecule has 2 unspecified atom stereocenters. The van der Waals surface area contributed by atoms with Crippen molar-refractivity contribution in [1.82, 2.24) is 0 Å². The van der Waals surface area contributed by atoms with Crippen LogP contribution in [0.4, 0.5) is 0 Å². The average molecular weight is 382 g/mol. The van der Waals surface area contributed by atoms with Crippen LogP contribution in [0.15, 0.2) is 4.99 Å². The molecule has 0 amide bonds. The molecular formula is C23H43NO3. The fraction of sp³-hybridized carbons (Fsp3) is 0.913. The number of ether oxygens (including phenoxy) is 2. The summed E-state index contributed by atoms with van der Waals surface area (Å²) in [4.78, 5) is 16.7. The summed E-state index contributed by atoms with van der Waals surface area (Å²) in [5.41, 5.74) is -0.715. The number of carbonyl (C=O) groups excluding carboxylic acids is 1. The normalized spacial score (nSPS) is 20.9. The topological polar surface area (TPSA) is 47.9 Å². The van der Waals surface area contributed by atoms with Crippen LogP contribution in [0.1, 0.15) is 106 Å². The molecule has 27 heavy (non-hydrogen) atoms. The highest BCUT2D eigenvalue weighted by molar-refractivity contribution is 5.80. The summed E-state index contributed by atoms with van der Waals surface area (Å²) in [6.45, 7) is 13.2. The molecule has 0 spiro atoms. The fourth-order valence-corrected chi connectivity index (χ4v) is 3.23. The summed E-state index contributed by atoms with van der Waals surface area (Å²) in [7, 11) is 0. The minimum atomic E-state index is -0.452. The van der Waals surface area contributed by atoms with Gasteiger partial charge in [-0.1, -0.05) is 65.2 Å². The van der Waals surface area contributed by atoms with E-state index in [1.54, 1.807) is 0 Å². The second-order valence-electron chi connectivity index (χ2n) is 9.54. The molecule has 4 heteroatoms. The van der Waals surface area contributed by atoms with Crippen LogP contribution < -0.4 is 0 Å². The SMILES string of the molecule is CCCCCCCCCCC(C)C1=NC(C)(CCOC(=O)C(C)(C)C)CO1. The van der Waals surface area contributed by atoms with Gasteiger partial charge in [0.05, 0.1) is 17.6 Å². The monoisotopic (exact) mass is 381 g/mol. The molecule has 158 valence electrons. The molecule has 1 heterocycles. The van der Waals surface area contributed by atoms with Crippen LogP contribution in [0.2, 0.25) is 0 Å². The van der Waals surface area contributed by atoms with E-state index in [2.05, 4.69) is 20.8 Å². The van der Waals surface area contributed by atoms with Gasteiger partial charge in [-0.3, -0.25) is 4.79 Å². The Morgan fingerprint density at radius 3 is 2.33 bits per heavy atom. The largest absolute Gasteiger partial charge is 0.478 e. The van der Waals surface area contributed by atoms with Gasteiger partial charge in [-0.15, -0.1) is 0 Å². The minimum absolute atomic E-state index is 0.155. The van der Waals surface area contributed by atoms with Gasteiger partial charge < -0.3 is 9.47 Å². The zero-order valence-electron chi connectivity index (χ0n) is 18.7. The van der Waals surface area contributed by atoms with E-state index in [0.29, 0.717) is 25.6 Å². The predicted molar refractivity (Wildman–Crippen MR) is 113 cm³/mol. The molecule has 0 saturated carbocycles. The average Bonchev–Trinajstić information content (AvgIpc) is 2.98. The molecule has 2 atom stereocenters. The van der Waals surface area contributed by atoms with Gasteiger partial charge in [0.15, 0.2) is 5.90 Å². The molecule has 0 aromatic rings. The van der Waals surface area contributed by atoms with Crippen molar-refractivity contribution >= 4 is 11.9 Å². The van der Waals surface area contributed by atoms with E-state index in [9.17, 15) is 4.79 Å². The van der Waals surface area contributed by atoms with Crippen LogP contribution in [-0.2, 0) is 14.3 Å². The van der Waals surface area contributed by atoms with E-state index in [1.165, 1.54) is 51.4 Å². The van der Waals surface area contributed by atoms with Crippen molar-refractivity contribution in [3.63, 3.8) is 0 Å². The van der Waals surface area contributed by atoms with Crippen LogP contribution in [0, 0.1) is 11.3 Å². The van der Waals surface area contributed by atoms with Gasteiger partial charge in [-0.2, -0.15) is 0 Å². The Labute approximate surface area is 167 Å². The molecule has 0 aromatic heterocycles. The lowest BCUT2D eigenvalue weighted by molar-refractivity contribution is -0.153. The van der Waals surface area contributed by atoms with Crippen LogP contribution in [-0.4, -0.2) is 30.6 Å². The minimum Gasteiger partial charge on any atom is -0.478 e. The van der Waals surface area contributed by atoms with Gasteiger partial charge in [-0.05, 0) is 34.1 Å². The molecule has 0 aromatic carbocycles. The number of hydrogen-bond donors (Lipinski definition) is 0. The summed E-state index contributed by atoms with van der Waals surface area (Å²) >= 11 is 0. The number of esters is 1. The van der Waals surface area contributed by atoms with E-state index in [1.807, 2.05) is 20.8 Å². The molecular weight excluding hydrogens is 338 g/mol. The second-order valence-corrected chi connectivity index (χ2v) is 9.54. The van der Waals surface area contributed by atoms with Gasteiger partial charge >= 0.3 is 5.97 Å². The Morgan fingerprint density at radius 1 is 1.15 bits per heavy atom. The highest BCUT2D eigenvalue weighted by Gasteiger charge is 2.34. The van der Waals surface area contributed by atoms with E-state index in [0.717, 1.165) is 12.3 Å². The van der Waals surface area contributed by atoms with Gasteiger partial charge in [-0.25, -0.2) is 4.99 Å². The van der Waals surface area contributed by atoms with E-state index in [-0.39, 0.29) is 11.5 Å². The van der Waals surface area contributed by atoms with E-state index >= 15 is 0 Å². The molecule has 0 aliphatic carbocycles. The first kappa shape index (κ1) is 24.0. The highest BCUT2D eigenvalue weighted by Crippen LogP contribution is 2.27. The Kier molecular flexibility index (Phi) is 10.4. The predicted octanol–water partition coefficient (Wildman–Crippen LogP) is 6.32. The second kappa shape index (κ2) is 11.7. The van der Waals surface area contributed by atoms with Crippen molar-refractivity contribution in [3.8, 4) is 0 Å². The van der Waals surface area contributed by atoms with Crippen molar-refractivity contribution < 1.29 is 14.3 Å². The molecule has 0 N–H and O–H groups in total. The third-order valence-corrected chi connectivity index (χ3v) is 5.31. The van der Waals surface area contributed by atoms with Gasteiger partial charge in [0, 0.05) is 12.3 Å². The standard InChI is InChI=1S/C23H43NO3/c1-7-8-9-10-11-12-13-14-15-19(2)20-24-23(6,18-27-20)16-17-26-21(25)22(3,4)5/h19H,7-18H2,1-6H3. The fourth-order valence-electron chi connectivity index (χ4n) is 3.23. The molecule has 0 radical (unpaired) electrons. The van der Waals surface area contributed by atoms with Crippen molar-refractivity contribution in [2.24, 2.45) is 16.3 Å². The van der Waals surface area contributed by atoms with Crippen LogP contribution in [0.25, 0.3) is 0 Å². The molecule has 0 bridgehead atoms. The Bertz CT molecular complexity index is 467. The summed E-state index contributed by atoms with van der Waals surface area (Å²) in [6, 6.07) is 0. The maximum atomic E-state index is 11.9. The number of aliphatic imine (C=N–C) groups is 1. The molecule has 0 fully saturated rings. The Morgan fingerprint density at radius 2 is 1.74 bits per heavy atom. The van der Waals surface area contributed by atoms with Crippen molar-refractivity contribution in [2.45, 2.75) is 111 Å². The Hall–Kier alpha value is -1.06. The lowest BCUT2D eigenvalue weighted by Crippen LogP contribution is -2.29. The number of hydrogen-bond acceptors (Lipinski definition) is 4. The molecule has 0 saturated heterocycles. The zero-order chi connectivity index (χ0) is 20.3. The first-order valence-electron chi connectivity index (χ1n) is 11.1. The van der Waals surface area contributed by atoms with E-state index in [4.69, 9.17) is 14.5 Å². The van der Waals surface area contributed by atoms with Gasteiger partial charge in [0.25, 0.3) is 0 Å². The van der Waals surface area contributed by atoms with Gasteiger partial charge in [0.2, 0.25) is 0 Å². The van der Waals surface area contributed by atoms with Crippen LogP contribution in [0.5, 0.6) is 0 Å². The maximum absolute atomic E-state index is 11.9. The lowest BCUT2D eigenvalue weighted by atomic mass is 9.97.